The Kier molecular flexibility index (Phi) is 3.48. The summed E-state index contributed by atoms with van der Waals surface area (Å²) in [5, 5.41) is 4.43. The molecule has 0 unspecified atom stereocenters. The number of aromatic nitrogens is 4. The van der Waals surface area contributed by atoms with Crippen molar-refractivity contribution in [2.75, 3.05) is 5.32 Å². The van der Waals surface area contributed by atoms with E-state index < -0.39 is 0 Å². The molecule has 0 atom stereocenters. The molecule has 22 heavy (non-hydrogen) atoms. The van der Waals surface area contributed by atoms with Crippen molar-refractivity contribution in [3.05, 3.63) is 42.5 Å². The van der Waals surface area contributed by atoms with Gasteiger partial charge >= 0.3 is 0 Å². The minimum Gasteiger partial charge on any atom is -0.365 e. The van der Waals surface area contributed by atoms with Gasteiger partial charge in [-0.1, -0.05) is 0 Å². The van der Waals surface area contributed by atoms with E-state index in [9.17, 15) is 0 Å². The number of aryl methyl sites for hydroxylation is 1. The third-order valence-corrected chi connectivity index (χ3v) is 3.25. The molecular formula is C17H19N5. The molecule has 0 bridgehead atoms. The highest BCUT2D eigenvalue weighted by molar-refractivity contribution is 5.90. The van der Waals surface area contributed by atoms with Crippen molar-refractivity contribution in [1.29, 1.82) is 0 Å². The van der Waals surface area contributed by atoms with Crippen molar-refractivity contribution in [3.63, 3.8) is 0 Å². The summed E-state index contributed by atoms with van der Waals surface area (Å²) in [5.74, 6) is 1.51. The Morgan fingerprint density at radius 1 is 0.955 bits per heavy atom. The van der Waals surface area contributed by atoms with E-state index in [1.807, 2.05) is 25.3 Å². The van der Waals surface area contributed by atoms with Crippen molar-refractivity contribution in [3.8, 4) is 11.4 Å². The smallest absolute Gasteiger partial charge is 0.162 e. The van der Waals surface area contributed by atoms with E-state index in [1.165, 1.54) is 0 Å². The van der Waals surface area contributed by atoms with Gasteiger partial charge in [-0.2, -0.15) is 0 Å². The first kappa shape index (κ1) is 14.4. The lowest BCUT2D eigenvalue weighted by Gasteiger charge is -2.22. The van der Waals surface area contributed by atoms with Crippen LogP contribution in [0.3, 0.4) is 0 Å². The van der Waals surface area contributed by atoms with Gasteiger partial charge in [0.2, 0.25) is 0 Å². The minimum atomic E-state index is -0.0882. The second-order valence-corrected chi connectivity index (χ2v) is 6.35. The van der Waals surface area contributed by atoms with Gasteiger partial charge in [-0.05, 0) is 45.4 Å². The summed E-state index contributed by atoms with van der Waals surface area (Å²) >= 11 is 0. The molecule has 3 rings (SSSR count). The van der Waals surface area contributed by atoms with Crippen molar-refractivity contribution in [2.45, 2.75) is 33.2 Å². The zero-order valence-corrected chi connectivity index (χ0v) is 13.3. The predicted octanol–water partition coefficient (Wildman–Crippen LogP) is 3.61. The van der Waals surface area contributed by atoms with Gasteiger partial charge in [0.05, 0.1) is 11.7 Å². The van der Waals surface area contributed by atoms with Crippen molar-refractivity contribution >= 4 is 16.7 Å². The fraction of sp³-hybridized carbons (Fsp3) is 0.294. The van der Waals surface area contributed by atoms with E-state index in [2.05, 4.69) is 41.0 Å². The second kappa shape index (κ2) is 5.33. The van der Waals surface area contributed by atoms with E-state index in [0.29, 0.717) is 5.82 Å². The predicted molar refractivity (Wildman–Crippen MR) is 88.7 cm³/mol. The second-order valence-electron chi connectivity index (χ2n) is 6.35. The van der Waals surface area contributed by atoms with Gasteiger partial charge in [0.15, 0.2) is 5.82 Å². The maximum atomic E-state index is 4.74. The van der Waals surface area contributed by atoms with Gasteiger partial charge in [-0.25, -0.2) is 9.97 Å². The van der Waals surface area contributed by atoms with Crippen LogP contribution in [0.4, 0.5) is 5.82 Å². The van der Waals surface area contributed by atoms with E-state index >= 15 is 0 Å². The molecule has 112 valence electrons. The molecular weight excluding hydrogens is 274 g/mol. The average Bonchev–Trinajstić information content (AvgIpc) is 2.46. The van der Waals surface area contributed by atoms with Crippen LogP contribution in [0.1, 0.15) is 26.3 Å². The monoisotopic (exact) mass is 293 g/mol. The van der Waals surface area contributed by atoms with Gasteiger partial charge in [-0.15, -0.1) is 0 Å². The molecule has 0 saturated carbocycles. The number of hydrogen-bond donors (Lipinski definition) is 1. The highest BCUT2D eigenvalue weighted by Crippen LogP contribution is 2.27. The summed E-state index contributed by atoms with van der Waals surface area (Å²) in [5.41, 5.74) is 2.77. The standard InChI is InChI=1S/C17H19N5/c1-11-9-18-7-5-12(11)15-20-14-10-19-8-6-13(14)16(21-15)22-17(2,3)4/h5-10H,1-4H3,(H,20,21,22). The summed E-state index contributed by atoms with van der Waals surface area (Å²) in [6.07, 6.45) is 7.11. The molecule has 0 aliphatic rings. The molecule has 0 saturated heterocycles. The molecule has 0 fully saturated rings. The topological polar surface area (TPSA) is 63.6 Å². The number of nitrogens with zero attached hydrogens (tertiary/aromatic N) is 4. The van der Waals surface area contributed by atoms with Gasteiger partial charge in [-0.3, -0.25) is 9.97 Å². The average molecular weight is 293 g/mol. The first-order valence-electron chi connectivity index (χ1n) is 7.25. The third kappa shape index (κ3) is 2.88. The molecule has 0 amide bonds. The maximum Gasteiger partial charge on any atom is 0.162 e. The molecule has 0 aliphatic heterocycles. The third-order valence-electron chi connectivity index (χ3n) is 3.25. The van der Waals surface area contributed by atoms with E-state index in [-0.39, 0.29) is 5.54 Å². The number of fused-ring (bicyclic) bond motifs is 1. The summed E-state index contributed by atoms with van der Waals surface area (Å²) in [6, 6.07) is 3.88. The molecule has 0 aromatic carbocycles. The van der Waals surface area contributed by atoms with Crippen LogP contribution in [0.15, 0.2) is 36.9 Å². The first-order chi connectivity index (χ1) is 10.4. The van der Waals surface area contributed by atoms with Crippen molar-refractivity contribution in [2.24, 2.45) is 0 Å². The number of pyridine rings is 2. The van der Waals surface area contributed by atoms with Crippen LogP contribution >= 0.6 is 0 Å². The van der Waals surface area contributed by atoms with Crippen LogP contribution < -0.4 is 5.32 Å². The minimum absolute atomic E-state index is 0.0882. The highest BCUT2D eigenvalue weighted by atomic mass is 15.1. The molecule has 0 spiro atoms. The normalized spacial score (nSPS) is 11.6. The van der Waals surface area contributed by atoms with Crippen molar-refractivity contribution < 1.29 is 0 Å². The molecule has 3 heterocycles. The molecule has 3 aromatic heterocycles. The quantitative estimate of drug-likeness (QED) is 0.782. The molecule has 3 aromatic rings. The molecule has 1 N–H and O–H groups in total. The summed E-state index contributed by atoms with van der Waals surface area (Å²) in [7, 11) is 0. The summed E-state index contributed by atoms with van der Waals surface area (Å²) in [4.78, 5) is 17.7. The number of hydrogen-bond acceptors (Lipinski definition) is 5. The first-order valence-corrected chi connectivity index (χ1v) is 7.25. The number of anilines is 1. The Morgan fingerprint density at radius 2 is 1.68 bits per heavy atom. The number of rotatable bonds is 2. The SMILES string of the molecule is Cc1cnccc1-c1nc(NC(C)(C)C)c2ccncc2n1. The number of nitrogens with one attached hydrogen (secondary N) is 1. The fourth-order valence-corrected chi connectivity index (χ4v) is 2.28. The van der Waals surface area contributed by atoms with Gasteiger partial charge < -0.3 is 5.32 Å². The Bertz CT molecular complexity index is 821. The highest BCUT2D eigenvalue weighted by Gasteiger charge is 2.16. The van der Waals surface area contributed by atoms with Crippen LogP contribution in [0.5, 0.6) is 0 Å². The summed E-state index contributed by atoms with van der Waals surface area (Å²) < 4.78 is 0. The van der Waals surface area contributed by atoms with Gasteiger partial charge in [0, 0.05) is 35.1 Å². The summed E-state index contributed by atoms with van der Waals surface area (Å²) in [6.45, 7) is 8.34. The van der Waals surface area contributed by atoms with Crippen LogP contribution in [0.2, 0.25) is 0 Å². The fourth-order valence-electron chi connectivity index (χ4n) is 2.28. The van der Waals surface area contributed by atoms with Crippen LogP contribution in [0, 0.1) is 6.92 Å². The molecule has 5 nitrogen and oxygen atoms in total. The molecule has 0 aliphatic carbocycles. The van der Waals surface area contributed by atoms with Gasteiger partial charge in [0.25, 0.3) is 0 Å². The zero-order valence-electron chi connectivity index (χ0n) is 13.3. The lowest BCUT2D eigenvalue weighted by Crippen LogP contribution is -2.27. The molecule has 0 radical (unpaired) electrons. The lowest BCUT2D eigenvalue weighted by atomic mass is 10.1. The molecule has 5 heteroatoms. The lowest BCUT2D eigenvalue weighted by molar-refractivity contribution is 0.631. The largest absolute Gasteiger partial charge is 0.365 e. The Morgan fingerprint density at radius 3 is 2.41 bits per heavy atom. The Balaban J connectivity index is 2.23. The Labute approximate surface area is 129 Å². The van der Waals surface area contributed by atoms with Gasteiger partial charge in [0.1, 0.15) is 5.82 Å². The zero-order chi connectivity index (χ0) is 15.7. The van der Waals surface area contributed by atoms with Crippen molar-refractivity contribution in [1.82, 2.24) is 19.9 Å². The van der Waals surface area contributed by atoms with E-state index in [0.717, 1.165) is 27.8 Å². The van der Waals surface area contributed by atoms with Crippen LogP contribution in [0.25, 0.3) is 22.3 Å². The van der Waals surface area contributed by atoms with E-state index in [1.54, 1.807) is 18.6 Å². The van der Waals surface area contributed by atoms with Crippen LogP contribution in [-0.2, 0) is 0 Å². The maximum absolute atomic E-state index is 4.74. The van der Waals surface area contributed by atoms with E-state index in [4.69, 9.17) is 4.98 Å². The Hall–Kier alpha value is -2.56. The van der Waals surface area contributed by atoms with Crippen LogP contribution in [-0.4, -0.2) is 25.5 Å².